The fourth-order valence-electron chi connectivity index (χ4n) is 2.60. The molecule has 0 aliphatic carbocycles. The molecule has 3 rings (SSSR count). The Hall–Kier alpha value is -3.32. The number of aromatic amines is 1. The standard InChI is InChI=1S/C21H18N2O2/c22-14-18-11-13-19(23-21(18)24)12-10-17-8-4-5-9-20(17)25-15-16-6-2-1-3-7-16/h1-9,11,13H,10,12,15H2,(H,23,24). The van der Waals surface area contributed by atoms with Crippen molar-refractivity contribution in [2.75, 3.05) is 0 Å². The maximum absolute atomic E-state index is 11.7. The van der Waals surface area contributed by atoms with Crippen LogP contribution in [0.3, 0.4) is 0 Å². The third-order valence-electron chi connectivity index (χ3n) is 3.96. The molecule has 2 aromatic carbocycles. The summed E-state index contributed by atoms with van der Waals surface area (Å²) >= 11 is 0. The third kappa shape index (κ3) is 4.36. The summed E-state index contributed by atoms with van der Waals surface area (Å²) in [5, 5.41) is 8.82. The van der Waals surface area contributed by atoms with E-state index in [0.717, 1.165) is 29.0 Å². The molecule has 0 aliphatic heterocycles. The van der Waals surface area contributed by atoms with Crippen LogP contribution in [0.5, 0.6) is 5.75 Å². The molecule has 3 aromatic rings. The van der Waals surface area contributed by atoms with Gasteiger partial charge in [0.05, 0.1) is 0 Å². The van der Waals surface area contributed by atoms with Gasteiger partial charge in [-0.25, -0.2) is 0 Å². The van der Waals surface area contributed by atoms with Crippen LogP contribution in [-0.2, 0) is 19.4 Å². The highest BCUT2D eigenvalue weighted by atomic mass is 16.5. The molecular weight excluding hydrogens is 312 g/mol. The maximum Gasteiger partial charge on any atom is 0.266 e. The molecule has 0 spiro atoms. The number of hydrogen-bond donors (Lipinski definition) is 1. The minimum atomic E-state index is -0.339. The fraction of sp³-hybridized carbons (Fsp3) is 0.143. The molecule has 0 fully saturated rings. The summed E-state index contributed by atoms with van der Waals surface area (Å²) < 4.78 is 5.96. The number of benzene rings is 2. The van der Waals surface area contributed by atoms with Crippen LogP contribution in [0.4, 0.5) is 0 Å². The second-order valence-corrected chi connectivity index (χ2v) is 5.72. The topological polar surface area (TPSA) is 65.9 Å². The predicted molar refractivity (Wildman–Crippen MR) is 96.4 cm³/mol. The number of rotatable bonds is 6. The number of para-hydroxylation sites is 1. The fourth-order valence-corrected chi connectivity index (χ4v) is 2.60. The molecule has 1 aromatic heterocycles. The van der Waals surface area contributed by atoms with Gasteiger partial charge < -0.3 is 9.72 Å². The molecule has 1 N–H and O–H groups in total. The molecule has 4 heteroatoms. The first-order chi connectivity index (χ1) is 12.3. The van der Waals surface area contributed by atoms with Crippen LogP contribution in [0.1, 0.15) is 22.4 Å². The van der Waals surface area contributed by atoms with Crippen molar-refractivity contribution in [2.24, 2.45) is 0 Å². The Morgan fingerprint density at radius 3 is 2.44 bits per heavy atom. The number of nitriles is 1. The Balaban J connectivity index is 1.68. The number of ether oxygens (including phenoxy) is 1. The smallest absolute Gasteiger partial charge is 0.266 e. The van der Waals surface area contributed by atoms with Crippen molar-refractivity contribution in [3.63, 3.8) is 0 Å². The van der Waals surface area contributed by atoms with E-state index in [1.165, 1.54) is 0 Å². The van der Waals surface area contributed by atoms with Crippen molar-refractivity contribution >= 4 is 0 Å². The van der Waals surface area contributed by atoms with Gasteiger partial charge in [0.1, 0.15) is 24.0 Å². The van der Waals surface area contributed by atoms with E-state index in [1.807, 2.05) is 60.7 Å². The summed E-state index contributed by atoms with van der Waals surface area (Å²) in [6.45, 7) is 0.519. The van der Waals surface area contributed by atoms with E-state index in [-0.39, 0.29) is 11.1 Å². The average molecular weight is 330 g/mol. The van der Waals surface area contributed by atoms with Gasteiger partial charge in [0.15, 0.2) is 0 Å². The number of aromatic nitrogens is 1. The highest BCUT2D eigenvalue weighted by molar-refractivity contribution is 5.34. The normalized spacial score (nSPS) is 10.2. The van der Waals surface area contributed by atoms with Gasteiger partial charge in [-0.3, -0.25) is 4.79 Å². The Bertz CT molecular complexity index is 940. The van der Waals surface area contributed by atoms with E-state index in [2.05, 4.69) is 4.98 Å². The van der Waals surface area contributed by atoms with Gasteiger partial charge in [-0.2, -0.15) is 5.26 Å². The lowest BCUT2D eigenvalue weighted by molar-refractivity contribution is 0.303. The first-order valence-electron chi connectivity index (χ1n) is 8.13. The summed E-state index contributed by atoms with van der Waals surface area (Å²) in [6.07, 6.45) is 1.42. The van der Waals surface area contributed by atoms with Gasteiger partial charge in [-0.05, 0) is 42.2 Å². The van der Waals surface area contributed by atoms with Gasteiger partial charge in [0, 0.05) is 5.69 Å². The molecule has 25 heavy (non-hydrogen) atoms. The van der Waals surface area contributed by atoms with Gasteiger partial charge in [-0.1, -0.05) is 48.5 Å². The van der Waals surface area contributed by atoms with Crippen molar-refractivity contribution in [1.29, 1.82) is 5.26 Å². The van der Waals surface area contributed by atoms with Gasteiger partial charge in [0.25, 0.3) is 5.56 Å². The van der Waals surface area contributed by atoms with Gasteiger partial charge >= 0.3 is 0 Å². The van der Waals surface area contributed by atoms with Gasteiger partial charge in [-0.15, -0.1) is 0 Å². The highest BCUT2D eigenvalue weighted by Crippen LogP contribution is 2.21. The Labute approximate surface area is 146 Å². The zero-order valence-electron chi connectivity index (χ0n) is 13.7. The predicted octanol–water partition coefficient (Wildman–Crippen LogP) is 3.61. The minimum absolute atomic E-state index is 0.135. The Morgan fingerprint density at radius 1 is 0.920 bits per heavy atom. The highest BCUT2D eigenvalue weighted by Gasteiger charge is 2.06. The Kier molecular flexibility index (Phi) is 5.28. The molecule has 0 atom stereocenters. The van der Waals surface area contributed by atoms with Crippen LogP contribution in [-0.4, -0.2) is 4.98 Å². The first-order valence-corrected chi connectivity index (χ1v) is 8.13. The van der Waals surface area contributed by atoms with E-state index >= 15 is 0 Å². The number of nitrogens with one attached hydrogen (secondary N) is 1. The van der Waals surface area contributed by atoms with Crippen molar-refractivity contribution in [3.8, 4) is 11.8 Å². The molecule has 4 nitrogen and oxygen atoms in total. The molecule has 124 valence electrons. The second-order valence-electron chi connectivity index (χ2n) is 5.72. The number of nitrogens with zero attached hydrogens (tertiary/aromatic N) is 1. The summed E-state index contributed by atoms with van der Waals surface area (Å²) in [4.78, 5) is 14.5. The van der Waals surface area contributed by atoms with Crippen molar-refractivity contribution < 1.29 is 4.74 Å². The number of hydrogen-bond acceptors (Lipinski definition) is 3. The van der Waals surface area contributed by atoms with Crippen LogP contribution in [0, 0.1) is 11.3 Å². The molecule has 0 unspecified atom stereocenters. The van der Waals surface area contributed by atoms with E-state index < -0.39 is 0 Å². The quantitative estimate of drug-likeness (QED) is 0.751. The number of H-pyrrole nitrogens is 1. The summed E-state index contributed by atoms with van der Waals surface area (Å²) in [5.74, 6) is 0.849. The van der Waals surface area contributed by atoms with Crippen molar-refractivity contribution in [2.45, 2.75) is 19.4 Å². The average Bonchev–Trinajstić information content (AvgIpc) is 2.66. The molecule has 0 saturated carbocycles. The second kappa shape index (κ2) is 7.98. The molecule has 1 heterocycles. The van der Waals surface area contributed by atoms with Crippen LogP contribution in [0.25, 0.3) is 0 Å². The molecule has 0 saturated heterocycles. The zero-order chi connectivity index (χ0) is 17.5. The van der Waals surface area contributed by atoms with E-state index in [0.29, 0.717) is 13.0 Å². The lowest BCUT2D eigenvalue weighted by Crippen LogP contribution is -2.12. The summed E-state index contributed by atoms with van der Waals surface area (Å²) in [6, 6.07) is 23.2. The lowest BCUT2D eigenvalue weighted by atomic mass is 10.1. The lowest BCUT2D eigenvalue weighted by Gasteiger charge is -2.11. The van der Waals surface area contributed by atoms with E-state index in [9.17, 15) is 4.79 Å². The van der Waals surface area contributed by atoms with Crippen LogP contribution in [0.15, 0.2) is 71.5 Å². The number of pyridine rings is 1. The van der Waals surface area contributed by atoms with Gasteiger partial charge in [0.2, 0.25) is 0 Å². The van der Waals surface area contributed by atoms with Crippen LogP contribution in [0.2, 0.25) is 0 Å². The molecule has 0 aliphatic rings. The van der Waals surface area contributed by atoms with Crippen LogP contribution >= 0.6 is 0 Å². The summed E-state index contributed by atoms with van der Waals surface area (Å²) in [7, 11) is 0. The van der Waals surface area contributed by atoms with Crippen molar-refractivity contribution in [3.05, 3.63) is 99.5 Å². The molecular formula is C21H18N2O2. The molecule has 0 bridgehead atoms. The first kappa shape index (κ1) is 16.5. The van der Waals surface area contributed by atoms with E-state index in [4.69, 9.17) is 10.00 Å². The minimum Gasteiger partial charge on any atom is -0.489 e. The number of aryl methyl sites for hydroxylation is 2. The van der Waals surface area contributed by atoms with Crippen LogP contribution < -0.4 is 10.3 Å². The third-order valence-corrected chi connectivity index (χ3v) is 3.96. The monoisotopic (exact) mass is 330 g/mol. The molecule has 0 amide bonds. The summed E-state index contributed by atoms with van der Waals surface area (Å²) in [5.41, 5.74) is 2.81. The maximum atomic E-state index is 11.7. The SMILES string of the molecule is N#Cc1ccc(CCc2ccccc2OCc2ccccc2)[nH]c1=O. The van der Waals surface area contributed by atoms with E-state index in [1.54, 1.807) is 12.1 Å². The zero-order valence-corrected chi connectivity index (χ0v) is 13.7. The largest absolute Gasteiger partial charge is 0.489 e. The Morgan fingerprint density at radius 2 is 1.68 bits per heavy atom. The molecule has 0 radical (unpaired) electrons. The van der Waals surface area contributed by atoms with Crippen molar-refractivity contribution in [1.82, 2.24) is 4.98 Å².